The molecule has 2 aromatic rings. The summed E-state index contributed by atoms with van der Waals surface area (Å²) in [5, 5.41) is 3.33. The Hall–Kier alpha value is -2.33. The summed E-state index contributed by atoms with van der Waals surface area (Å²) in [7, 11) is 0. The topological polar surface area (TPSA) is 47.6 Å². The molecule has 0 aromatic heterocycles. The summed E-state index contributed by atoms with van der Waals surface area (Å²) in [5.74, 6) is 0.339. The Morgan fingerprint density at radius 1 is 1.00 bits per heavy atom. The Labute approximate surface area is 142 Å². The first kappa shape index (κ1) is 16.5. The summed E-state index contributed by atoms with van der Waals surface area (Å²) in [6, 6.07) is 19.3. The summed E-state index contributed by atoms with van der Waals surface area (Å²) >= 11 is 0. The summed E-state index contributed by atoms with van der Waals surface area (Å²) in [6.07, 6.45) is 0.879. The molecule has 1 fully saturated rings. The largest absolute Gasteiger partial charge is 0.479 e. The summed E-state index contributed by atoms with van der Waals surface area (Å²) in [4.78, 5) is 12.6. The van der Waals surface area contributed by atoms with Gasteiger partial charge >= 0.3 is 5.97 Å². The van der Waals surface area contributed by atoms with Gasteiger partial charge < -0.3 is 14.8 Å². The number of rotatable bonds is 5. The number of carbonyl (C=O) groups excluding carboxylic acids is 1. The SMILES string of the molecule is CC(Oc1ccccc1)C(=O)OC1(c2ccccc2)CCNCC1. The minimum absolute atomic E-state index is 0.329. The second-order valence-corrected chi connectivity index (χ2v) is 6.10. The van der Waals surface area contributed by atoms with Gasteiger partial charge in [-0.2, -0.15) is 0 Å². The molecular formula is C20H23NO3. The van der Waals surface area contributed by atoms with Crippen LogP contribution in [0.4, 0.5) is 0 Å². The number of hydrogen-bond acceptors (Lipinski definition) is 4. The smallest absolute Gasteiger partial charge is 0.347 e. The third-order valence-corrected chi connectivity index (χ3v) is 4.40. The number of benzene rings is 2. The molecular weight excluding hydrogens is 302 g/mol. The average Bonchev–Trinajstić information content (AvgIpc) is 2.64. The molecule has 1 heterocycles. The molecule has 3 rings (SSSR count). The van der Waals surface area contributed by atoms with Crippen molar-refractivity contribution in [3.8, 4) is 5.75 Å². The number of carbonyl (C=O) groups is 1. The van der Waals surface area contributed by atoms with Crippen molar-refractivity contribution in [3.05, 3.63) is 66.2 Å². The predicted octanol–water partition coefficient (Wildman–Crippen LogP) is 3.28. The normalized spacial score (nSPS) is 17.7. The van der Waals surface area contributed by atoms with Crippen molar-refractivity contribution in [2.75, 3.05) is 13.1 Å². The highest BCUT2D eigenvalue weighted by molar-refractivity contribution is 5.75. The van der Waals surface area contributed by atoms with Crippen LogP contribution in [0.15, 0.2) is 60.7 Å². The number of hydrogen-bond donors (Lipinski definition) is 1. The van der Waals surface area contributed by atoms with Crippen LogP contribution in [0.1, 0.15) is 25.3 Å². The van der Waals surface area contributed by atoms with Crippen molar-refractivity contribution in [2.24, 2.45) is 0 Å². The number of ether oxygens (including phenoxy) is 2. The zero-order valence-corrected chi connectivity index (χ0v) is 13.9. The van der Waals surface area contributed by atoms with E-state index in [0.29, 0.717) is 5.75 Å². The van der Waals surface area contributed by atoms with Crippen molar-refractivity contribution >= 4 is 5.97 Å². The zero-order valence-electron chi connectivity index (χ0n) is 13.9. The van der Waals surface area contributed by atoms with Crippen LogP contribution in [0.2, 0.25) is 0 Å². The molecule has 0 spiro atoms. The summed E-state index contributed by atoms with van der Waals surface area (Å²) in [6.45, 7) is 3.39. The Morgan fingerprint density at radius 3 is 2.21 bits per heavy atom. The molecule has 4 nitrogen and oxygen atoms in total. The Kier molecular flexibility index (Phi) is 5.16. The summed E-state index contributed by atoms with van der Waals surface area (Å²) in [5.41, 5.74) is 0.476. The molecule has 1 aliphatic rings. The van der Waals surface area contributed by atoms with E-state index in [9.17, 15) is 4.79 Å². The van der Waals surface area contributed by atoms with Crippen LogP contribution in [0, 0.1) is 0 Å². The van der Waals surface area contributed by atoms with Gasteiger partial charge in [-0.1, -0.05) is 48.5 Å². The lowest BCUT2D eigenvalue weighted by atomic mass is 9.84. The number of esters is 1. The molecule has 24 heavy (non-hydrogen) atoms. The van der Waals surface area contributed by atoms with Crippen LogP contribution in [0.5, 0.6) is 5.75 Å². The fourth-order valence-corrected chi connectivity index (χ4v) is 3.05. The molecule has 0 radical (unpaired) electrons. The van der Waals surface area contributed by atoms with Gasteiger partial charge in [0.05, 0.1) is 0 Å². The van der Waals surface area contributed by atoms with Gasteiger partial charge in [0, 0.05) is 12.8 Å². The maximum absolute atomic E-state index is 12.6. The van der Waals surface area contributed by atoms with Crippen molar-refractivity contribution in [1.82, 2.24) is 5.32 Å². The molecule has 1 N–H and O–H groups in total. The van der Waals surface area contributed by atoms with Gasteiger partial charge in [0.15, 0.2) is 6.10 Å². The van der Waals surface area contributed by atoms with E-state index < -0.39 is 11.7 Å². The molecule has 126 valence electrons. The highest BCUT2D eigenvalue weighted by Gasteiger charge is 2.39. The fourth-order valence-electron chi connectivity index (χ4n) is 3.05. The van der Waals surface area contributed by atoms with Gasteiger partial charge in [0.2, 0.25) is 0 Å². The van der Waals surface area contributed by atoms with Crippen molar-refractivity contribution in [3.63, 3.8) is 0 Å². The van der Waals surface area contributed by atoms with Crippen LogP contribution in [-0.4, -0.2) is 25.2 Å². The molecule has 0 aliphatic carbocycles. The summed E-state index contributed by atoms with van der Waals surface area (Å²) < 4.78 is 11.7. The lowest BCUT2D eigenvalue weighted by Crippen LogP contribution is -2.45. The highest BCUT2D eigenvalue weighted by Crippen LogP contribution is 2.35. The third kappa shape index (κ3) is 3.77. The molecule has 2 aromatic carbocycles. The van der Waals surface area contributed by atoms with Crippen molar-refractivity contribution in [2.45, 2.75) is 31.5 Å². The third-order valence-electron chi connectivity index (χ3n) is 4.40. The second-order valence-electron chi connectivity index (χ2n) is 6.10. The lowest BCUT2D eigenvalue weighted by Gasteiger charge is -2.38. The fraction of sp³-hybridized carbons (Fsp3) is 0.350. The lowest BCUT2D eigenvalue weighted by molar-refractivity contribution is -0.172. The van der Waals surface area contributed by atoms with Crippen LogP contribution in [0.3, 0.4) is 0 Å². The molecule has 4 heteroatoms. The molecule has 0 amide bonds. The van der Waals surface area contributed by atoms with E-state index >= 15 is 0 Å². The molecule has 1 unspecified atom stereocenters. The van der Waals surface area contributed by atoms with Crippen molar-refractivity contribution < 1.29 is 14.3 Å². The zero-order chi connectivity index (χ0) is 16.8. The number of nitrogens with one attached hydrogen (secondary N) is 1. The van der Waals surface area contributed by atoms with Gasteiger partial charge in [-0.3, -0.25) is 0 Å². The molecule has 1 aliphatic heterocycles. The van der Waals surface area contributed by atoms with Crippen LogP contribution >= 0.6 is 0 Å². The standard InChI is InChI=1S/C20H23NO3/c1-16(23-18-10-6-3-7-11-18)19(22)24-20(12-14-21-15-13-20)17-8-4-2-5-9-17/h2-11,16,21H,12-15H2,1H3. The molecule has 0 saturated carbocycles. The van der Waals surface area contributed by atoms with E-state index in [-0.39, 0.29) is 5.97 Å². The first-order valence-corrected chi connectivity index (χ1v) is 8.40. The van der Waals surface area contributed by atoms with Gasteiger partial charge in [-0.15, -0.1) is 0 Å². The van der Waals surface area contributed by atoms with Gasteiger partial charge in [-0.05, 0) is 37.7 Å². The minimum Gasteiger partial charge on any atom is -0.479 e. The van der Waals surface area contributed by atoms with E-state index in [0.717, 1.165) is 31.5 Å². The van der Waals surface area contributed by atoms with E-state index in [2.05, 4.69) is 5.32 Å². The van der Waals surface area contributed by atoms with Crippen LogP contribution < -0.4 is 10.1 Å². The predicted molar refractivity (Wildman–Crippen MR) is 92.8 cm³/mol. The molecule has 1 saturated heterocycles. The minimum atomic E-state index is -0.650. The van der Waals surface area contributed by atoms with E-state index in [4.69, 9.17) is 9.47 Å². The number of piperidine rings is 1. The first-order chi connectivity index (χ1) is 11.7. The maximum atomic E-state index is 12.6. The quantitative estimate of drug-likeness (QED) is 0.857. The number of para-hydroxylation sites is 1. The highest BCUT2D eigenvalue weighted by atomic mass is 16.6. The maximum Gasteiger partial charge on any atom is 0.347 e. The van der Waals surface area contributed by atoms with Crippen LogP contribution in [0.25, 0.3) is 0 Å². The Bertz CT molecular complexity index is 651. The monoisotopic (exact) mass is 325 g/mol. The van der Waals surface area contributed by atoms with E-state index in [1.165, 1.54) is 0 Å². The molecule has 1 atom stereocenters. The van der Waals surface area contributed by atoms with Gasteiger partial charge in [-0.25, -0.2) is 4.79 Å². The van der Waals surface area contributed by atoms with Crippen LogP contribution in [-0.2, 0) is 15.1 Å². The Balaban J connectivity index is 1.74. The van der Waals surface area contributed by atoms with E-state index in [1.807, 2.05) is 60.7 Å². The molecule has 0 bridgehead atoms. The van der Waals surface area contributed by atoms with E-state index in [1.54, 1.807) is 6.92 Å². The average molecular weight is 325 g/mol. The van der Waals surface area contributed by atoms with Gasteiger partial charge in [0.1, 0.15) is 11.4 Å². The Morgan fingerprint density at radius 2 is 1.58 bits per heavy atom. The van der Waals surface area contributed by atoms with Gasteiger partial charge in [0.25, 0.3) is 0 Å². The first-order valence-electron chi connectivity index (χ1n) is 8.40. The van der Waals surface area contributed by atoms with Crippen molar-refractivity contribution in [1.29, 1.82) is 0 Å². The second kappa shape index (κ2) is 7.49.